The van der Waals surface area contributed by atoms with Crippen LogP contribution in [0.5, 0.6) is 0 Å². The second kappa shape index (κ2) is 11.9. The van der Waals surface area contributed by atoms with E-state index in [0.717, 1.165) is 59.4 Å². The Hall–Kier alpha value is -2.89. The van der Waals surface area contributed by atoms with Crippen molar-refractivity contribution < 1.29 is 15.0 Å². The van der Waals surface area contributed by atoms with Gasteiger partial charge in [-0.25, -0.2) is 0 Å². The summed E-state index contributed by atoms with van der Waals surface area (Å²) in [4.78, 5) is 15.5. The summed E-state index contributed by atoms with van der Waals surface area (Å²) in [5.74, 6) is 1.17. The molecular formula is C33H39NO3S. The van der Waals surface area contributed by atoms with Crippen LogP contribution in [0.1, 0.15) is 72.9 Å². The number of aromatic nitrogens is 1. The molecule has 1 aliphatic rings. The van der Waals surface area contributed by atoms with Gasteiger partial charge in [0.15, 0.2) is 0 Å². The van der Waals surface area contributed by atoms with Crippen LogP contribution in [0.4, 0.5) is 0 Å². The minimum atomic E-state index is -0.854. The molecule has 1 fully saturated rings. The average Bonchev–Trinajstić information content (AvgIpc) is 2.89. The first-order valence-electron chi connectivity index (χ1n) is 13.6. The van der Waals surface area contributed by atoms with Gasteiger partial charge in [0.1, 0.15) is 0 Å². The van der Waals surface area contributed by atoms with Crippen LogP contribution in [0, 0.1) is 13.8 Å². The number of thioether (sulfide) groups is 1. The monoisotopic (exact) mass is 529 g/mol. The number of rotatable bonds is 9. The van der Waals surface area contributed by atoms with Crippen LogP contribution in [0.3, 0.4) is 0 Å². The van der Waals surface area contributed by atoms with E-state index < -0.39 is 11.6 Å². The Morgan fingerprint density at radius 3 is 2.26 bits per heavy atom. The summed E-state index contributed by atoms with van der Waals surface area (Å²) in [5, 5.41) is 20.1. The van der Waals surface area contributed by atoms with E-state index in [9.17, 15) is 9.90 Å². The summed E-state index contributed by atoms with van der Waals surface area (Å²) in [7, 11) is 0. The minimum Gasteiger partial charge on any atom is -0.481 e. The van der Waals surface area contributed by atoms with Gasteiger partial charge in [-0.05, 0) is 96.0 Å². The zero-order valence-electron chi connectivity index (χ0n) is 23.0. The molecule has 0 atom stereocenters. The number of aryl methyl sites for hydroxylation is 2. The Morgan fingerprint density at radius 2 is 1.66 bits per heavy atom. The maximum atomic E-state index is 11.2. The summed E-state index contributed by atoms with van der Waals surface area (Å²) in [5.41, 5.74) is 8.04. The fraction of sp³-hybridized carbons (Fsp3) is 0.394. The van der Waals surface area contributed by atoms with Gasteiger partial charge in [-0.2, -0.15) is 11.8 Å². The van der Waals surface area contributed by atoms with E-state index in [1.165, 1.54) is 16.7 Å². The molecule has 0 radical (unpaired) electrons. The van der Waals surface area contributed by atoms with Gasteiger partial charge in [0, 0.05) is 23.4 Å². The van der Waals surface area contributed by atoms with Crippen LogP contribution < -0.4 is 0 Å². The third-order valence-corrected chi connectivity index (χ3v) is 9.19. The predicted molar refractivity (Wildman–Crippen MR) is 159 cm³/mol. The minimum absolute atomic E-state index is 0.0321. The normalized spacial score (nSPS) is 15.6. The lowest BCUT2D eigenvalue weighted by atomic mass is 9.69. The Labute approximate surface area is 231 Å². The topological polar surface area (TPSA) is 70.4 Å². The van der Waals surface area contributed by atoms with Crippen LogP contribution in [-0.4, -0.2) is 38.3 Å². The van der Waals surface area contributed by atoms with Gasteiger partial charge in [-0.15, -0.1) is 0 Å². The van der Waals surface area contributed by atoms with Crippen molar-refractivity contribution in [2.75, 3.05) is 11.5 Å². The zero-order chi connectivity index (χ0) is 27.3. The quantitative estimate of drug-likeness (QED) is 0.303. The Balaban J connectivity index is 1.65. The van der Waals surface area contributed by atoms with Crippen LogP contribution in [0.25, 0.3) is 17.2 Å². The summed E-state index contributed by atoms with van der Waals surface area (Å²) in [6.07, 6.45) is 11.1. The summed E-state index contributed by atoms with van der Waals surface area (Å²) in [6.45, 7) is 8.79. The highest BCUT2D eigenvalue weighted by Crippen LogP contribution is 2.41. The van der Waals surface area contributed by atoms with Gasteiger partial charge in [-0.3, -0.25) is 9.78 Å². The van der Waals surface area contributed by atoms with Crippen molar-refractivity contribution in [2.24, 2.45) is 0 Å². The van der Waals surface area contributed by atoms with Crippen molar-refractivity contribution in [2.45, 2.75) is 70.8 Å². The highest BCUT2D eigenvalue weighted by molar-refractivity contribution is 7.99. The van der Waals surface area contributed by atoms with Crippen molar-refractivity contribution in [3.63, 3.8) is 0 Å². The van der Waals surface area contributed by atoms with Gasteiger partial charge < -0.3 is 10.2 Å². The average molecular weight is 530 g/mol. The van der Waals surface area contributed by atoms with E-state index in [2.05, 4.69) is 75.2 Å². The molecule has 0 saturated carbocycles. The molecule has 0 bridgehead atoms. The van der Waals surface area contributed by atoms with Gasteiger partial charge in [0.25, 0.3) is 0 Å². The highest BCUT2D eigenvalue weighted by Gasteiger charge is 2.31. The number of carboxylic acid groups (broad SMARTS) is 1. The molecule has 2 aromatic carbocycles. The molecule has 0 spiro atoms. The number of nitrogens with zero attached hydrogens (tertiary/aromatic N) is 1. The molecule has 0 aliphatic carbocycles. The molecule has 2 heterocycles. The predicted octanol–water partition coefficient (Wildman–Crippen LogP) is 7.37. The molecule has 38 heavy (non-hydrogen) atoms. The SMILES string of the molecule is CCC(CC)(c1ccc(C=CC2(O)CCSCC2)c(C)c1)c1ccc(-c2cncc(CC(=O)O)c2)c(C)c1. The van der Waals surface area contributed by atoms with Gasteiger partial charge in [0.2, 0.25) is 0 Å². The second-order valence-electron chi connectivity index (χ2n) is 10.6. The largest absolute Gasteiger partial charge is 0.481 e. The van der Waals surface area contributed by atoms with Crippen LogP contribution in [-0.2, 0) is 16.6 Å². The molecule has 2 N–H and O–H groups in total. The molecule has 1 aliphatic heterocycles. The summed E-state index contributed by atoms with van der Waals surface area (Å²) in [6, 6.07) is 15.3. The Morgan fingerprint density at radius 1 is 1.00 bits per heavy atom. The number of carboxylic acids is 1. The lowest BCUT2D eigenvalue weighted by molar-refractivity contribution is -0.136. The zero-order valence-corrected chi connectivity index (χ0v) is 23.8. The number of hydrogen-bond donors (Lipinski definition) is 2. The highest BCUT2D eigenvalue weighted by atomic mass is 32.2. The molecule has 0 amide bonds. The number of pyridine rings is 1. The third kappa shape index (κ3) is 6.05. The smallest absolute Gasteiger partial charge is 0.307 e. The summed E-state index contributed by atoms with van der Waals surface area (Å²) < 4.78 is 0. The molecule has 200 valence electrons. The lowest BCUT2D eigenvalue weighted by Crippen LogP contribution is -2.30. The number of aliphatic carboxylic acids is 1. The lowest BCUT2D eigenvalue weighted by Gasteiger charge is -2.34. The number of carbonyl (C=O) groups is 1. The van der Waals surface area contributed by atoms with E-state index in [0.29, 0.717) is 5.56 Å². The van der Waals surface area contributed by atoms with Crippen molar-refractivity contribution in [3.05, 3.63) is 94.3 Å². The number of aliphatic hydroxyl groups is 1. The molecule has 0 unspecified atom stereocenters. The van der Waals surface area contributed by atoms with E-state index in [1.54, 1.807) is 12.4 Å². The van der Waals surface area contributed by atoms with Crippen molar-refractivity contribution in [3.8, 4) is 11.1 Å². The molecule has 1 aromatic heterocycles. The maximum absolute atomic E-state index is 11.2. The molecule has 1 saturated heterocycles. The number of hydrogen-bond acceptors (Lipinski definition) is 4. The first kappa shape index (κ1) is 28.1. The van der Waals surface area contributed by atoms with Crippen LogP contribution in [0.2, 0.25) is 0 Å². The van der Waals surface area contributed by atoms with Gasteiger partial charge >= 0.3 is 5.97 Å². The van der Waals surface area contributed by atoms with Crippen molar-refractivity contribution in [1.29, 1.82) is 0 Å². The van der Waals surface area contributed by atoms with E-state index in [4.69, 9.17) is 5.11 Å². The third-order valence-electron chi connectivity index (χ3n) is 8.20. The maximum Gasteiger partial charge on any atom is 0.307 e. The fourth-order valence-corrected chi connectivity index (χ4v) is 6.92. The van der Waals surface area contributed by atoms with E-state index >= 15 is 0 Å². The molecule has 3 aromatic rings. The molecule has 4 nitrogen and oxygen atoms in total. The standard InChI is InChI=1S/C33H39NO3S/c1-5-33(6-2,28-8-7-26(23(3)17-28)11-12-32(37)13-15-38-16-14-32)29-9-10-30(24(4)18-29)27-19-25(20-31(35)36)21-34-22-27/h7-12,17-19,21-22,37H,5-6,13-16,20H2,1-4H3,(H,35,36). The molecule has 4 rings (SSSR count). The van der Waals surface area contributed by atoms with Crippen LogP contribution >= 0.6 is 11.8 Å². The first-order valence-corrected chi connectivity index (χ1v) is 14.7. The fourth-order valence-electron chi connectivity index (χ4n) is 5.72. The molecular weight excluding hydrogens is 490 g/mol. The first-order chi connectivity index (χ1) is 18.2. The van der Waals surface area contributed by atoms with Crippen LogP contribution in [0.15, 0.2) is 60.9 Å². The van der Waals surface area contributed by atoms with Crippen molar-refractivity contribution >= 4 is 23.8 Å². The summed E-state index contributed by atoms with van der Waals surface area (Å²) >= 11 is 1.91. The Kier molecular flexibility index (Phi) is 8.79. The second-order valence-corrected chi connectivity index (χ2v) is 11.8. The Bertz CT molecular complexity index is 1320. The van der Waals surface area contributed by atoms with Gasteiger partial charge in [0.05, 0.1) is 12.0 Å². The van der Waals surface area contributed by atoms with E-state index in [-0.39, 0.29) is 11.8 Å². The number of benzene rings is 2. The van der Waals surface area contributed by atoms with Gasteiger partial charge in [-0.1, -0.05) is 62.4 Å². The van der Waals surface area contributed by atoms with Crippen molar-refractivity contribution in [1.82, 2.24) is 4.98 Å². The molecule has 5 heteroatoms. The van der Waals surface area contributed by atoms with E-state index in [1.807, 2.05) is 23.9 Å².